The molecule has 2 aromatic rings. The number of aromatic nitrogens is 2. The first-order valence-corrected chi connectivity index (χ1v) is 5.49. The molecule has 0 saturated heterocycles. The van der Waals surface area contributed by atoms with E-state index in [-0.39, 0.29) is 11.4 Å². The molecule has 0 aliphatic rings. The molecule has 1 heterocycles. The normalized spacial score (nSPS) is 10.6. The second kappa shape index (κ2) is 4.37. The summed E-state index contributed by atoms with van der Waals surface area (Å²) in [5.41, 5.74) is 0.251. The summed E-state index contributed by atoms with van der Waals surface area (Å²) in [6.07, 6.45) is 0. The molecule has 17 heavy (non-hydrogen) atoms. The number of halogens is 3. The lowest BCUT2D eigenvalue weighted by molar-refractivity contribution is 0.584. The molecular weight excluding hydrogens is 294 g/mol. The highest BCUT2D eigenvalue weighted by molar-refractivity contribution is 9.10. The van der Waals surface area contributed by atoms with Crippen LogP contribution in [0.15, 0.2) is 27.5 Å². The summed E-state index contributed by atoms with van der Waals surface area (Å²) < 4.78 is 26.4. The van der Waals surface area contributed by atoms with Crippen molar-refractivity contribution in [1.29, 1.82) is 0 Å². The quantitative estimate of drug-likeness (QED) is 0.880. The Morgan fingerprint density at radius 3 is 2.35 bits per heavy atom. The lowest BCUT2D eigenvalue weighted by Crippen LogP contribution is -2.12. The Labute approximate surface area is 104 Å². The minimum Gasteiger partial charge on any atom is -0.306 e. The van der Waals surface area contributed by atoms with E-state index in [0.717, 1.165) is 18.2 Å². The molecule has 0 amide bonds. The number of nitrogens with one attached hydrogen (secondary N) is 1. The van der Waals surface area contributed by atoms with Gasteiger partial charge >= 0.3 is 0 Å². The molecule has 1 N–H and O–H groups in total. The van der Waals surface area contributed by atoms with E-state index in [0.29, 0.717) is 10.2 Å². The first kappa shape index (κ1) is 11.9. The van der Waals surface area contributed by atoms with Crippen LogP contribution in [-0.4, -0.2) is 9.97 Å². The average Bonchev–Trinajstić information content (AvgIpc) is 2.23. The fourth-order valence-electron chi connectivity index (χ4n) is 1.40. The van der Waals surface area contributed by atoms with E-state index in [2.05, 4.69) is 25.9 Å². The van der Waals surface area contributed by atoms with E-state index in [4.69, 9.17) is 0 Å². The van der Waals surface area contributed by atoms with Gasteiger partial charge in [-0.3, -0.25) is 4.79 Å². The van der Waals surface area contributed by atoms with Crippen LogP contribution in [0.2, 0.25) is 0 Å². The Morgan fingerprint density at radius 1 is 1.24 bits per heavy atom. The molecule has 0 unspecified atom stereocenters. The smallest absolute Gasteiger partial charge is 0.265 e. The Balaban J connectivity index is 2.65. The van der Waals surface area contributed by atoms with Gasteiger partial charge in [0.1, 0.15) is 21.9 Å². The van der Waals surface area contributed by atoms with Gasteiger partial charge in [0.2, 0.25) is 0 Å². The number of hydrogen-bond acceptors (Lipinski definition) is 2. The molecule has 0 fully saturated rings. The van der Waals surface area contributed by atoms with E-state index >= 15 is 0 Å². The van der Waals surface area contributed by atoms with Gasteiger partial charge in [0.25, 0.3) is 5.56 Å². The van der Waals surface area contributed by atoms with Gasteiger partial charge in [-0.2, -0.15) is 0 Å². The van der Waals surface area contributed by atoms with Crippen molar-refractivity contribution in [2.24, 2.45) is 0 Å². The zero-order valence-electron chi connectivity index (χ0n) is 8.72. The predicted molar refractivity (Wildman–Crippen MR) is 62.6 cm³/mol. The van der Waals surface area contributed by atoms with Crippen LogP contribution in [0.4, 0.5) is 8.78 Å². The van der Waals surface area contributed by atoms with Crippen molar-refractivity contribution in [2.45, 2.75) is 6.92 Å². The zero-order chi connectivity index (χ0) is 12.6. The van der Waals surface area contributed by atoms with Crippen molar-refractivity contribution in [3.8, 4) is 11.4 Å². The molecule has 3 nitrogen and oxygen atoms in total. The van der Waals surface area contributed by atoms with Crippen LogP contribution in [0.5, 0.6) is 0 Å². The Morgan fingerprint density at radius 2 is 1.82 bits per heavy atom. The third kappa shape index (κ3) is 2.41. The van der Waals surface area contributed by atoms with Crippen LogP contribution in [0.3, 0.4) is 0 Å². The maximum absolute atomic E-state index is 13.0. The van der Waals surface area contributed by atoms with Gasteiger partial charge < -0.3 is 4.98 Å². The first-order chi connectivity index (χ1) is 7.97. The van der Waals surface area contributed by atoms with Crippen LogP contribution in [0.25, 0.3) is 11.4 Å². The highest BCUT2D eigenvalue weighted by atomic mass is 79.9. The minimum absolute atomic E-state index is 0.133. The van der Waals surface area contributed by atoms with Gasteiger partial charge in [-0.1, -0.05) is 0 Å². The topological polar surface area (TPSA) is 45.8 Å². The summed E-state index contributed by atoms with van der Waals surface area (Å²) in [6.45, 7) is 1.62. The molecule has 0 aliphatic heterocycles. The molecule has 1 aromatic heterocycles. The fraction of sp³-hybridized carbons (Fsp3) is 0.0909. The van der Waals surface area contributed by atoms with Gasteiger partial charge in [-0.05, 0) is 35.0 Å². The van der Waals surface area contributed by atoms with Gasteiger partial charge in [-0.25, -0.2) is 13.8 Å². The molecule has 0 atom stereocenters. The highest BCUT2D eigenvalue weighted by Crippen LogP contribution is 2.18. The summed E-state index contributed by atoms with van der Waals surface area (Å²) in [5.74, 6) is -1.31. The van der Waals surface area contributed by atoms with Crippen molar-refractivity contribution in [3.05, 3.63) is 50.4 Å². The lowest BCUT2D eigenvalue weighted by Gasteiger charge is -2.04. The van der Waals surface area contributed by atoms with Crippen LogP contribution in [-0.2, 0) is 0 Å². The lowest BCUT2D eigenvalue weighted by atomic mass is 10.2. The van der Waals surface area contributed by atoms with E-state index in [1.807, 2.05) is 0 Å². The summed E-state index contributed by atoms with van der Waals surface area (Å²) in [4.78, 5) is 18.0. The van der Waals surface area contributed by atoms with E-state index in [9.17, 15) is 13.6 Å². The molecule has 0 aliphatic carbocycles. The number of hydrogen-bond donors (Lipinski definition) is 1. The third-order valence-electron chi connectivity index (χ3n) is 2.16. The number of nitrogens with zero attached hydrogens (tertiary/aromatic N) is 1. The van der Waals surface area contributed by atoms with Crippen molar-refractivity contribution >= 4 is 15.9 Å². The largest absolute Gasteiger partial charge is 0.306 e. The second-order valence-electron chi connectivity index (χ2n) is 3.47. The molecule has 0 spiro atoms. The standard InChI is InChI=1S/C11H7BrF2N2O/c1-5-9(12)11(17)16-10(15-5)6-2-7(13)4-8(14)3-6/h2-4H,1H3,(H,15,16,17). The molecule has 6 heteroatoms. The average molecular weight is 301 g/mol. The SMILES string of the molecule is Cc1nc(-c2cc(F)cc(F)c2)[nH]c(=O)c1Br. The van der Waals surface area contributed by atoms with Gasteiger partial charge in [-0.15, -0.1) is 0 Å². The summed E-state index contributed by atoms with van der Waals surface area (Å²) >= 11 is 3.06. The highest BCUT2D eigenvalue weighted by Gasteiger charge is 2.09. The Hall–Kier alpha value is -1.56. The van der Waals surface area contributed by atoms with Crippen molar-refractivity contribution in [3.63, 3.8) is 0 Å². The molecule has 88 valence electrons. The first-order valence-electron chi connectivity index (χ1n) is 4.70. The maximum atomic E-state index is 13.0. The summed E-state index contributed by atoms with van der Waals surface area (Å²) in [7, 11) is 0. The molecule has 0 bridgehead atoms. The van der Waals surface area contributed by atoms with Crippen molar-refractivity contribution in [2.75, 3.05) is 0 Å². The predicted octanol–water partition coefficient (Wildman–Crippen LogP) is 2.79. The van der Waals surface area contributed by atoms with Gasteiger partial charge in [0, 0.05) is 11.6 Å². The zero-order valence-corrected chi connectivity index (χ0v) is 10.3. The van der Waals surface area contributed by atoms with Crippen molar-refractivity contribution < 1.29 is 8.78 Å². The Kier molecular flexibility index (Phi) is 3.06. The molecule has 1 aromatic carbocycles. The number of aryl methyl sites for hydroxylation is 1. The van der Waals surface area contributed by atoms with Crippen LogP contribution >= 0.6 is 15.9 Å². The van der Waals surface area contributed by atoms with E-state index in [1.165, 1.54) is 0 Å². The Bertz CT molecular complexity index is 620. The molecule has 2 rings (SSSR count). The summed E-state index contributed by atoms with van der Waals surface area (Å²) in [5, 5.41) is 0. The van der Waals surface area contributed by atoms with Crippen LogP contribution in [0, 0.1) is 18.6 Å². The van der Waals surface area contributed by atoms with Crippen molar-refractivity contribution in [1.82, 2.24) is 9.97 Å². The summed E-state index contributed by atoms with van der Waals surface area (Å²) in [6, 6.07) is 2.97. The number of aromatic amines is 1. The van der Waals surface area contributed by atoms with Crippen LogP contribution < -0.4 is 5.56 Å². The monoisotopic (exact) mass is 300 g/mol. The molecule has 0 radical (unpaired) electrons. The van der Waals surface area contributed by atoms with Gasteiger partial charge in [0.15, 0.2) is 0 Å². The fourth-order valence-corrected chi connectivity index (χ4v) is 1.59. The van der Waals surface area contributed by atoms with E-state index < -0.39 is 17.2 Å². The number of rotatable bonds is 1. The molecule has 0 saturated carbocycles. The third-order valence-corrected chi connectivity index (χ3v) is 3.10. The van der Waals surface area contributed by atoms with Gasteiger partial charge in [0.05, 0.1) is 5.69 Å². The maximum Gasteiger partial charge on any atom is 0.265 e. The second-order valence-corrected chi connectivity index (χ2v) is 4.27. The minimum atomic E-state index is -0.719. The molecular formula is C11H7BrF2N2O. The van der Waals surface area contributed by atoms with Crippen LogP contribution in [0.1, 0.15) is 5.69 Å². The number of benzene rings is 1. The number of H-pyrrole nitrogens is 1. The van der Waals surface area contributed by atoms with E-state index in [1.54, 1.807) is 6.92 Å².